The van der Waals surface area contributed by atoms with Crippen LogP contribution in [0.1, 0.15) is 36.7 Å². The van der Waals surface area contributed by atoms with Crippen LogP contribution in [0.15, 0.2) is 42.6 Å². The van der Waals surface area contributed by atoms with Crippen molar-refractivity contribution in [3.05, 3.63) is 59.4 Å². The van der Waals surface area contributed by atoms with E-state index in [0.717, 1.165) is 13.5 Å². The Kier molecular flexibility index (Phi) is 6.52. The van der Waals surface area contributed by atoms with Crippen LogP contribution in [0.2, 0.25) is 0 Å². The van der Waals surface area contributed by atoms with Gasteiger partial charge in [0.25, 0.3) is 0 Å². The zero-order chi connectivity index (χ0) is 25.5. The first-order valence-electron chi connectivity index (χ1n) is 11.5. The summed E-state index contributed by atoms with van der Waals surface area (Å²) in [5.41, 5.74) is 2.70. The molecule has 2 N–H and O–H groups in total. The number of aromatic nitrogens is 1. The highest BCUT2D eigenvalue weighted by Gasteiger charge is 2.48. The molecule has 2 unspecified atom stereocenters. The number of likely N-dealkylation sites (N-methyl/N-ethyl adjacent to an activating group) is 2. The quantitative estimate of drug-likeness (QED) is 0.676. The fourth-order valence-electron chi connectivity index (χ4n) is 5.06. The summed E-state index contributed by atoms with van der Waals surface area (Å²) < 4.78 is 42.3. The molecule has 1 aromatic carbocycles. The highest BCUT2D eigenvalue weighted by atomic mass is 19.4. The highest BCUT2D eigenvalue weighted by molar-refractivity contribution is 5.87. The molecule has 2 aromatic rings. The van der Waals surface area contributed by atoms with Gasteiger partial charge in [0.15, 0.2) is 6.04 Å². The van der Waals surface area contributed by atoms with Crippen molar-refractivity contribution >= 4 is 17.5 Å². The van der Waals surface area contributed by atoms with Crippen molar-refractivity contribution in [2.75, 3.05) is 32.5 Å². The van der Waals surface area contributed by atoms with Gasteiger partial charge < -0.3 is 15.5 Å². The lowest BCUT2D eigenvalue weighted by Crippen LogP contribution is -2.59. The number of alkyl halides is 3. The second kappa shape index (κ2) is 9.14. The predicted octanol–water partition coefficient (Wildman–Crippen LogP) is 2.89. The maximum absolute atomic E-state index is 14.1. The number of hydrogen-bond donors (Lipinski definition) is 2. The molecule has 0 bridgehead atoms. The number of carbonyl (C=O) groups excluding carboxylic acids is 2. The molecule has 0 saturated carbocycles. The molecule has 2 heterocycles. The number of amides is 2. The minimum absolute atomic E-state index is 0.0427. The van der Waals surface area contributed by atoms with Crippen molar-refractivity contribution in [3.8, 4) is 0 Å². The summed E-state index contributed by atoms with van der Waals surface area (Å²) in [6.07, 6.45) is -2.53. The smallest absolute Gasteiger partial charge is 0.380 e. The summed E-state index contributed by atoms with van der Waals surface area (Å²) in [5, 5.41) is 5.96. The first kappa shape index (κ1) is 25.0. The number of anilines is 1. The molecule has 1 fully saturated rings. The second-order valence-electron chi connectivity index (χ2n) is 9.88. The third kappa shape index (κ3) is 4.84. The van der Waals surface area contributed by atoms with Gasteiger partial charge >= 0.3 is 6.18 Å². The summed E-state index contributed by atoms with van der Waals surface area (Å²) in [4.78, 5) is 30.7. The Balaban J connectivity index is 1.52. The maximum Gasteiger partial charge on any atom is 0.414 e. The largest absolute Gasteiger partial charge is 0.414 e. The lowest BCUT2D eigenvalue weighted by atomic mass is 9.83. The number of pyridine rings is 1. The van der Waals surface area contributed by atoms with E-state index in [-0.39, 0.29) is 36.1 Å². The van der Waals surface area contributed by atoms with Crippen LogP contribution in [0.5, 0.6) is 0 Å². The fraction of sp³-hybridized carbons (Fsp3) is 0.480. The third-order valence-corrected chi connectivity index (χ3v) is 7.16. The van der Waals surface area contributed by atoms with Crippen molar-refractivity contribution in [3.63, 3.8) is 0 Å². The monoisotopic (exact) mass is 489 g/mol. The Morgan fingerprint density at radius 3 is 2.57 bits per heavy atom. The summed E-state index contributed by atoms with van der Waals surface area (Å²) in [5.74, 6) is -1.01. The Bertz CT molecular complexity index is 1100. The van der Waals surface area contributed by atoms with E-state index in [1.54, 1.807) is 13.1 Å². The van der Waals surface area contributed by atoms with Gasteiger partial charge in [-0.1, -0.05) is 38.1 Å². The molecule has 0 spiro atoms. The van der Waals surface area contributed by atoms with Crippen molar-refractivity contribution in [1.82, 2.24) is 20.1 Å². The average Bonchev–Trinajstić information content (AvgIpc) is 3.03. The molecular weight excluding hydrogens is 459 g/mol. The maximum atomic E-state index is 14.1. The lowest BCUT2D eigenvalue weighted by Gasteiger charge is -2.37. The number of piperazine rings is 1. The number of hydrogen-bond acceptors (Lipinski definition) is 5. The van der Waals surface area contributed by atoms with Crippen molar-refractivity contribution in [1.29, 1.82) is 0 Å². The van der Waals surface area contributed by atoms with Gasteiger partial charge in [-0.25, -0.2) is 0 Å². The van der Waals surface area contributed by atoms with Crippen LogP contribution in [-0.4, -0.2) is 72.0 Å². The number of carbonyl (C=O) groups is 2. The molecule has 188 valence electrons. The Hall–Kier alpha value is -3.14. The van der Waals surface area contributed by atoms with Crippen LogP contribution in [0.4, 0.5) is 18.9 Å². The van der Waals surface area contributed by atoms with E-state index in [1.165, 1.54) is 28.3 Å². The first-order chi connectivity index (χ1) is 16.4. The second-order valence-corrected chi connectivity index (χ2v) is 9.88. The van der Waals surface area contributed by atoms with Gasteiger partial charge in [-0.05, 0) is 36.7 Å². The van der Waals surface area contributed by atoms with E-state index in [4.69, 9.17) is 0 Å². The molecule has 1 saturated heterocycles. The Morgan fingerprint density at radius 1 is 1.26 bits per heavy atom. The van der Waals surface area contributed by atoms with Gasteiger partial charge in [-0.15, -0.1) is 0 Å². The van der Waals surface area contributed by atoms with Crippen LogP contribution in [0, 0.1) is 0 Å². The molecule has 2 amide bonds. The minimum Gasteiger partial charge on any atom is -0.380 e. The normalized spacial score (nSPS) is 22.8. The summed E-state index contributed by atoms with van der Waals surface area (Å²) in [7, 11) is 2.66. The van der Waals surface area contributed by atoms with Crippen LogP contribution in [-0.2, 0) is 21.4 Å². The Morgan fingerprint density at radius 2 is 1.97 bits per heavy atom. The highest BCUT2D eigenvalue weighted by Crippen LogP contribution is 2.40. The molecule has 2 aliphatic rings. The van der Waals surface area contributed by atoms with Crippen LogP contribution < -0.4 is 10.6 Å². The summed E-state index contributed by atoms with van der Waals surface area (Å²) in [6.45, 7) is 4.19. The molecule has 4 rings (SSSR count). The van der Waals surface area contributed by atoms with Gasteiger partial charge in [0.05, 0.1) is 24.1 Å². The van der Waals surface area contributed by atoms with Gasteiger partial charge in [-0.2, -0.15) is 13.2 Å². The van der Waals surface area contributed by atoms with Crippen LogP contribution in [0.3, 0.4) is 0 Å². The first-order valence-corrected chi connectivity index (χ1v) is 11.5. The molecule has 1 aliphatic heterocycles. The fourth-order valence-corrected chi connectivity index (χ4v) is 5.06. The molecule has 1 aliphatic carbocycles. The molecule has 10 heteroatoms. The predicted molar refractivity (Wildman–Crippen MR) is 126 cm³/mol. The number of benzene rings is 1. The van der Waals surface area contributed by atoms with E-state index in [0.29, 0.717) is 10.6 Å². The van der Waals surface area contributed by atoms with Gasteiger partial charge in [0, 0.05) is 25.0 Å². The molecule has 0 radical (unpaired) electrons. The molecule has 3 atom stereocenters. The Labute approximate surface area is 202 Å². The third-order valence-electron chi connectivity index (χ3n) is 7.16. The van der Waals surface area contributed by atoms with Gasteiger partial charge in [0.2, 0.25) is 11.8 Å². The summed E-state index contributed by atoms with van der Waals surface area (Å²) in [6, 6.07) is 8.07. The van der Waals surface area contributed by atoms with Crippen molar-refractivity contribution in [2.24, 2.45) is 0 Å². The number of rotatable bonds is 5. The number of fused-ring (bicyclic) bond motifs is 1. The number of nitrogens with one attached hydrogen (secondary N) is 2. The molecule has 7 nitrogen and oxygen atoms in total. The molecule has 35 heavy (non-hydrogen) atoms. The standard InChI is InChI=1S/C25H30F3N5O2/c1-24(2)17-8-6-5-7-15(17)11-20(24)31-16-9-10-18(29-12-16)22(25(26,27)28)33(4)23(35)19-13-30-21(34)14-32(19)3/h5-10,12,19-20,22,31H,11,13-14H2,1-4H3,(H,30,34)/t19?,20-,22?/m0/s1. The van der Waals surface area contributed by atoms with E-state index in [9.17, 15) is 22.8 Å². The van der Waals surface area contributed by atoms with E-state index in [1.807, 2.05) is 12.1 Å². The van der Waals surface area contributed by atoms with Gasteiger partial charge in [-0.3, -0.25) is 19.5 Å². The van der Waals surface area contributed by atoms with Crippen LogP contribution >= 0.6 is 0 Å². The lowest BCUT2D eigenvalue weighted by molar-refractivity contribution is -0.191. The zero-order valence-electron chi connectivity index (χ0n) is 20.2. The molecule has 1 aromatic heterocycles. The van der Waals surface area contributed by atoms with Crippen molar-refractivity contribution < 1.29 is 22.8 Å². The average molecular weight is 490 g/mol. The molecular formula is C25H30F3N5O2. The van der Waals surface area contributed by atoms with Crippen LogP contribution in [0.25, 0.3) is 0 Å². The topological polar surface area (TPSA) is 77.6 Å². The SMILES string of the molecule is CN1CC(=O)NCC1C(=O)N(C)C(c1ccc(N[C@H]2Cc3ccccc3C2(C)C)cn1)C(F)(F)F. The van der Waals surface area contributed by atoms with E-state index in [2.05, 4.69) is 41.6 Å². The van der Waals surface area contributed by atoms with E-state index >= 15 is 0 Å². The number of nitrogens with zero attached hydrogens (tertiary/aromatic N) is 3. The van der Waals surface area contributed by atoms with Crippen molar-refractivity contribution in [2.45, 2.75) is 50.0 Å². The minimum atomic E-state index is -4.72. The summed E-state index contributed by atoms with van der Waals surface area (Å²) >= 11 is 0. The van der Waals surface area contributed by atoms with E-state index < -0.39 is 24.2 Å². The van der Waals surface area contributed by atoms with Gasteiger partial charge in [0.1, 0.15) is 6.04 Å². The zero-order valence-corrected chi connectivity index (χ0v) is 20.2. The number of halogens is 3.